The zero-order valence-corrected chi connectivity index (χ0v) is 9.65. The number of hydrogen-bond donors (Lipinski definition) is 1. The zero-order valence-electron chi connectivity index (χ0n) is 8.83. The van der Waals surface area contributed by atoms with Crippen molar-refractivity contribution in [1.82, 2.24) is 14.8 Å². The molecule has 8 heteroatoms. The first-order valence-electron chi connectivity index (χ1n) is 4.60. The first-order valence-corrected chi connectivity index (χ1v) is 6.09. The highest BCUT2D eigenvalue weighted by atomic mass is 32.2. The van der Waals surface area contributed by atoms with Crippen LogP contribution in [-0.4, -0.2) is 23.2 Å². The number of sulfonamides is 1. The van der Waals surface area contributed by atoms with Gasteiger partial charge in [-0.1, -0.05) is 0 Å². The smallest absolute Gasteiger partial charge is 0.265 e. The van der Waals surface area contributed by atoms with E-state index in [2.05, 4.69) is 14.8 Å². The van der Waals surface area contributed by atoms with Crippen LogP contribution >= 0.6 is 0 Å². The first-order chi connectivity index (χ1) is 7.97. The lowest BCUT2D eigenvalue weighted by atomic mass is 10.4. The van der Waals surface area contributed by atoms with Gasteiger partial charge in [0.1, 0.15) is 4.90 Å². The van der Waals surface area contributed by atoms with Crippen LogP contribution in [0.4, 0.5) is 10.1 Å². The molecule has 0 fully saturated rings. The molecule has 0 spiro atoms. The summed E-state index contributed by atoms with van der Waals surface area (Å²) in [7, 11) is -2.09. The molecule has 1 N–H and O–H groups in total. The van der Waals surface area contributed by atoms with Crippen LogP contribution in [0.25, 0.3) is 0 Å². The first kappa shape index (κ1) is 11.5. The summed E-state index contributed by atoms with van der Waals surface area (Å²) in [5.74, 6) is -0.672. The van der Waals surface area contributed by atoms with Crippen molar-refractivity contribution in [3.8, 4) is 0 Å². The maximum Gasteiger partial charge on any atom is 0.265 e. The molecule has 2 aromatic rings. The molecule has 0 aliphatic heterocycles. The van der Waals surface area contributed by atoms with E-state index in [1.54, 1.807) is 7.05 Å². The fourth-order valence-corrected chi connectivity index (χ4v) is 2.21. The topological polar surface area (TPSA) is 76.9 Å². The van der Waals surface area contributed by atoms with E-state index < -0.39 is 16.0 Å². The molecule has 0 radical (unpaired) electrons. The fraction of sp³-hybridized carbons (Fsp3) is 0.111. The molecule has 0 unspecified atom stereocenters. The Hall–Kier alpha value is -1.96. The van der Waals surface area contributed by atoms with E-state index >= 15 is 0 Å². The van der Waals surface area contributed by atoms with Crippen molar-refractivity contribution in [3.63, 3.8) is 0 Å². The number of anilines is 1. The van der Waals surface area contributed by atoms with Crippen molar-refractivity contribution in [2.24, 2.45) is 7.05 Å². The zero-order chi connectivity index (χ0) is 12.5. The van der Waals surface area contributed by atoms with Crippen molar-refractivity contribution < 1.29 is 12.8 Å². The second kappa shape index (κ2) is 4.13. The highest BCUT2D eigenvalue weighted by Crippen LogP contribution is 2.14. The van der Waals surface area contributed by atoms with Crippen LogP contribution in [0.2, 0.25) is 0 Å². The summed E-state index contributed by atoms with van der Waals surface area (Å²) >= 11 is 0. The maximum absolute atomic E-state index is 12.5. The minimum atomic E-state index is -3.70. The molecule has 0 bridgehead atoms. The molecular formula is C9H9FN4O2S. The molecule has 0 aromatic carbocycles. The Kier molecular flexibility index (Phi) is 2.80. The second-order valence-corrected chi connectivity index (χ2v) is 5.01. The van der Waals surface area contributed by atoms with Gasteiger partial charge in [-0.3, -0.25) is 9.40 Å². The van der Waals surface area contributed by atoms with Gasteiger partial charge in [-0.2, -0.15) is 9.49 Å². The minimum Gasteiger partial charge on any atom is -0.278 e. The molecule has 2 heterocycles. The van der Waals surface area contributed by atoms with Crippen LogP contribution in [0, 0.1) is 5.95 Å². The van der Waals surface area contributed by atoms with Crippen molar-refractivity contribution >= 4 is 15.7 Å². The Balaban J connectivity index is 2.26. The predicted molar refractivity (Wildman–Crippen MR) is 58.2 cm³/mol. The van der Waals surface area contributed by atoms with Gasteiger partial charge >= 0.3 is 0 Å². The Bertz CT molecular complexity index is 621. The molecule has 2 aromatic heterocycles. The lowest BCUT2D eigenvalue weighted by Crippen LogP contribution is -2.12. The van der Waals surface area contributed by atoms with Crippen molar-refractivity contribution in [2.75, 3.05) is 4.72 Å². The molecular weight excluding hydrogens is 247 g/mol. The lowest BCUT2D eigenvalue weighted by molar-refractivity contribution is 0.583. The van der Waals surface area contributed by atoms with E-state index in [0.717, 1.165) is 12.3 Å². The summed E-state index contributed by atoms with van der Waals surface area (Å²) in [6, 6.07) is 2.36. The van der Waals surface area contributed by atoms with Crippen molar-refractivity contribution in [3.05, 3.63) is 36.7 Å². The predicted octanol–water partition coefficient (Wildman–Crippen LogP) is 0.755. The molecule has 0 amide bonds. The Morgan fingerprint density at radius 2 is 2.12 bits per heavy atom. The van der Waals surface area contributed by atoms with Crippen LogP contribution in [-0.2, 0) is 17.1 Å². The average Bonchev–Trinajstić information content (AvgIpc) is 2.69. The lowest BCUT2D eigenvalue weighted by Gasteiger charge is -2.04. The molecule has 0 aliphatic carbocycles. The highest BCUT2D eigenvalue weighted by molar-refractivity contribution is 7.92. The van der Waals surface area contributed by atoms with Crippen LogP contribution in [0.3, 0.4) is 0 Å². The second-order valence-electron chi connectivity index (χ2n) is 3.32. The Morgan fingerprint density at radius 1 is 1.35 bits per heavy atom. The van der Waals surface area contributed by atoms with Crippen LogP contribution < -0.4 is 4.72 Å². The number of nitrogens with one attached hydrogen (secondary N) is 1. The van der Waals surface area contributed by atoms with Crippen LogP contribution in [0.15, 0.2) is 35.6 Å². The number of pyridine rings is 1. The maximum atomic E-state index is 12.5. The summed E-state index contributed by atoms with van der Waals surface area (Å²) in [5.41, 5.74) is 0.190. The van der Waals surface area contributed by atoms with Gasteiger partial charge in [-0.05, 0) is 12.1 Å². The molecule has 0 aliphatic rings. The Morgan fingerprint density at radius 3 is 2.65 bits per heavy atom. The van der Waals surface area contributed by atoms with Crippen molar-refractivity contribution in [2.45, 2.75) is 4.90 Å². The standard InChI is InChI=1S/C9H9FN4O2S/c1-14-6-8(5-12-14)17(15,16)13-7-2-3-9(10)11-4-7/h2-6,13H,1H3. The van der Waals surface area contributed by atoms with Crippen molar-refractivity contribution in [1.29, 1.82) is 0 Å². The van der Waals surface area contributed by atoms with E-state index in [1.165, 1.54) is 23.1 Å². The van der Waals surface area contributed by atoms with E-state index in [1.807, 2.05) is 0 Å². The summed E-state index contributed by atoms with van der Waals surface area (Å²) in [4.78, 5) is 3.38. The third kappa shape index (κ3) is 2.59. The summed E-state index contributed by atoms with van der Waals surface area (Å²) in [5, 5.41) is 3.76. The number of nitrogens with zero attached hydrogens (tertiary/aromatic N) is 3. The fourth-order valence-electron chi connectivity index (χ4n) is 1.19. The van der Waals surface area contributed by atoms with Gasteiger partial charge in [-0.25, -0.2) is 13.4 Å². The van der Waals surface area contributed by atoms with Crippen LogP contribution in [0.1, 0.15) is 0 Å². The van der Waals surface area contributed by atoms with Gasteiger partial charge in [0, 0.05) is 13.2 Å². The van der Waals surface area contributed by atoms with Gasteiger partial charge < -0.3 is 0 Å². The number of aryl methyl sites for hydroxylation is 1. The van der Waals surface area contributed by atoms with E-state index in [9.17, 15) is 12.8 Å². The third-order valence-corrected chi connectivity index (χ3v) is 3.31. The molecule has 17 heavy (non-hydrogen) atoms. The normalized spacial score (nSPS) is 11.4. The number of halogens is 1. The monoisotopic (exact) mass is 256 g/mol. The largest absolute Gasteiger partial charge is 0.278 e. The molecule has 2 rings (SSSR count). The van der Waals surface area contributed by atoms with Crippen LogP contribution in [0.5, 0.6) is 0 Å². The van der Waals surface area contributed by atoms with Gasteiger partial charge in [0.25, 0.3) is 10.0 Å². The quantitative estimate of drug-likeness (QED) is 0.822. The van der Waals surface area contributed by atoms with Gasteiger partial charge in [0.2, 0.25) is 5.95 Å². The Labute approximate surface area is 97.2 Å². The number of rotatable bonds is 3. The van der Waals surface area contributed by atoms with Gasteiger partial charge in [0.15, 0.2) is 0 Å². The van der Waals surface area contributed by atoms with E-state index in [0.29, 0.717) is 0 Å². The summed E-state index contributed by atoms with van der Waals surface area (Å²) in [6.45, 7) is 0. The summed E-state index contributed by atoms with van der Waals surface area (Å²) < 4.78 is 39.8. The van der Waals surface area contributed by atoms with E-state index in [-0.39, 0.29) is 10.6 Å². The minimum absolute atomic E-state index is 0.0318. The van der Waals surface area contributed by atoms with E-state index in [4.69, 9.17) is 0 Å². The molecule has 0 atom stereocenters. The SMILES string of the molecule is Cn1cc(S(=O)(=O)Nc2ccc(F)nc2)cn1. The number of hydrogen-bond acceptors (Lipinski definition) is 4. The molecule has 6 nitrogen and oxygen atoms in total. The average molecular weight is 256 g/mol. The molecule has 0 saturated carbocycles. The molecule has 0 saturated heterocycles. The highest BCUT2D eigenvalue weighted by Gasteiger charge is 2.16. The number of aromatic nitrogens is 3. The van der Waals surface area contributed by atoms with Gasteiger partial charge in [-0.15, -0.1) is 0 Å². The summed E-state index contributed by atoms with van der Waals surface area (Å²) in [6.07, 6.45) is 3.68. The molecule has 90 valence electrons. The third-order valence-electron chi connectivity index (χ3n) is 1.97. The van der Waals surface area contributed by atoms with Gasteiger partial charge in [0.05, 0.1) is 18.1 Å².